The highest BCUT2D eigenvalue weighted by Crippen LogP contribution is 2.47. The third-order valence-electron chi connectivity index (χ3n) is 6.75. The van der Waals surface area contributed by atoms with Crippen LogP contribution >= 0.6 is 11.3 Å². The minimum absolute atomic E-state index is 0.851. The number of methoxy groups -OCH3 is 2. The van der Waals surface area contributed by atoms with Crippen LogP contribution in [0.4, 0.5) is 0 Å². The lowest BCUT2D eigenvalue weighted by Gasteiger charge is -2.11. The molecular formula is C30H22N2O2S. The molecule has 0 N–H and O–H groups in total. The summed E-state index contributed by atoms with van der Waals surface area (Å²) in [6.07, 6.45) is 0. The molecule has 0 saturated heterocycles. The third kappa shape index (κ3) is 2.85. The normalized spacial score (nSPS) is 11.7. The smallest absolute Gasteiger partial charge is 0.119 e. The molecule has 4 aromatic carbocycles. The summed E-state index contributed by atoms with van der Waals surface area (Å²) >= 11 is 1.88. The van der Waals surface area contributed by atoms with E-state index in [0.29, 0.717) is 0 Å². The zero-order valence-corrected chi connectivity index (χ0v) is 20.2. The molecular weight excluding hydrogens is 452 g/mol. The van der Waals surface area contributed by atoms with Crippen molar-refractivity contribution < 1.29 is 9.47 Å². The molecule has 0 bridgehead atoms. The highest BCUT2D eigenvalue weighted by molar-refractivity contribution is 7.27. The van der Waals surface area contributed by atoms with Crippen molar-refractivity contribution in [2.45, 2.75) is 0 Å². The van der Waals surface area contributed by atoms with Gasteiger partial charge in [0, 0.05) is 22.1 Å². The molecule has 3 heterocycles. The van der Waals surface area contributed by atoms with E-state index in [0.717, 1.165) is 22.9 Å². The van der Waals surface area contributed by atoms with Crippen molar-refractivity contribution in [2.75, 3.05) is 14.2 Å². The van der Waals surface area contributed by atoms with E-state index in [1.165, 1.54) is 42.2 Å². The molecule has 0 spiro atoms. The molecule has 0 saturated carbocycles. The number of nitrogens with zero attached hydrogens (tertiary/aromatic N) is 2. The van der Waals surface area contributed by atoms with Crippen LogP contribution in [0, 0.1) is 0 Å². The molecule has 0 aliphatic carbocycles. The van der Waals surface area contributed by atoms with Crippen LogP contribution in [-0.4, -0.2) is 23.4 Å². The minimum atomic E-state index is 0.851. The zero-order valence-electron chi connectivity index (χ0n) is 19.4. The standard InChI is InChI=1S/C30H22N2O2S/c1-33-21-15-11-19(12-16-21)31-25-9-5-3-7-23(25)29-27(31)28-30(35-29)24-8-4-6-10-26(24)32(28)20-13-17-22(34-2)18-14-20/h3-18H,1-2H3. The first-order valence-electron chi connectivity index (χ1n) is 11.5. The summed E-state index contributed by atoms with van der Waals surface area (Å²) < 4.78 is 18.2. The van der Waals surface area contributed by atoms with Crippen LogP contribution in [-0.2, 0) is 0 Å². The molecule has 0 radical (unpaired) electrons. The Labute approximate surface area is 206 Å². The number of para-hydroxylation sites is 2. The lowest BCUT2D eigenvalue weighted by Crippen LogP contribution is -1.98. The quantitative estimate of drug-likeness (QED) is 0.259. The van der Waals surface area contributed by atoms with Crippen LogP contribution in [0.3, 0.4) is 0 Å². The van der Waals surface area contributed by atoms with Crippen LogP contribution in [0.2, 0.25) is 0 Å². The Bertz CT molecular complexity index is 1720. The van der Waals surface area contributed by atoms with Gasteiger partial charge in [-0.05, 0) is 60.7 Å². The van der Waals surface area contributed by atoms with Crippen molar-refractivity contribution in [2.24, 2.45) is 0 Å². The van der Waals surface area contributed by atoms with Crippen LogP contribution in [0.1, 0.15) is 0 Å². The second-order valence-electron chi connectivity index (χ2n) is 8.56. The lowest BCUT2D eigenvalue weighted by molar-refractivity contribution is 0.414. The molecule has 5 heteroatoms. The highest BCUT2D eigenvalue weighted by atomic mass is 32.1. The number of aromatic nitrogens is 2. The average Bonchev–Trinajstić information content (AvgIpc) is 3.55. The minimum Gasteiger partial charge on any atom is -0.497 e. The second kappa shape index (κ2) is 7.65. The predicted molar refractivity (Wildman–Crippen MR) is 146 cm³/mol. The topological polar surface area (TPSA) is 28.3 Å². The summed E-state index contributed by atoms with van der Waals surface area (Å²) in [5.41, 5.74) is 7.08. The molecule has 7 aromatic rings. The fourth-order valence-electron chi connectivity index (χ4n) is 5.15. The molecule has 0 aliphatic heterocycles. The average molecular weight is 475 g/mol. The van der Waals surface area contributed by atoms with Crippen molar-refractivity contribution in [3.05, 3.63) is 97.1 Å². The molecule has 3 aromatic heterocycles. The van der Waals surface area contributed by atoms with Crippen LogP contribution in [0.25, 0.3) is 53.6 Å². The summed E-state index contributed by atoms with van der Waals surface area (Å²) in [4.78, 5) is 0. The Hall–Kier alpha value is -4.22. The van der Waals surface area contributed by atoms with Gasteiger partial charge in [-0.2, -0.15) is 0 Å². The van der Waals surface area contributed by atoms with Gasteiger partial charge in [-0.15, -0.1) is 11.3 Å². The Morgan fingerprint density at radius 1 is 0.514 bits per heavy atom. The van der Waals surface area contributed by atoms with Crippen molar-refractivity contribution in [1.82, 2.24) is 9.13 Å². The van der Waals surface area contributed by atoms with Gasteiger partial charge in [0.05, 0.1) is 45.7 Å². The summed E-state index contributed by atoms with van der Waals surface area (Å²) in [5, 5.41) is 2.54. The SMILES string of the molecule is COc1ccc(-n2c3ccccc3c3sc4c5ccccc5n(-c5ccc(OC)cc5)c4c32)cc1. The van der Waals surface area contributed by atoms with E-state index >= 15 is 0 Å². The van der Waals surface area contributed by atoms with Crippen LogP contribution < -0.4 is 9.47 Å². The molecule has 0 amide bonds. The van der Waals surface area contributed by atoms with E-state index in [1.54, 1.807) is 14.2 Å². The number of hydrogen-bond donors (Lipinski definition) is 0. The number of fused-ring (bicyclic) bond motifs is 7. The largest absolute Gasteiger partial charge is 0.497 e. The van der Waals surface area contributed by atoms with Gasteiger partial charge in [-0.1, -0.05) is 36.4 Å². The molecule has 0 fully saturated rings. The van der Waals surface area contributed by atoms with Gasteiger partial charge in [-0.3, -0.25) is 0 Å². The van der Waals surface area contributed by atoms with Gasteiger partial charge < -0.3 is 18.6 Å². The highest BCUT2D eigenvalue weighted by Gasteiger charge is 2.23. The fraction of sp³-hybridized carbons (Fsp3) is 0.0667. The molecule has 170 valence electrons. The van der Waals surface area contributed by atoms with E-state index in [2.05, 4.69) is 81.9 Å². The number of ether oxygens (including phenoxy) is 2. The van der Waals surface area contributed by atoms with Crippen molar-refractivity contribution >= 4 is 53.6 Å². The van der Waals surface area contributed by atoms with E-state index < -0.39 is 0 Å². The fourth-order valence-corrected chi connectivity index (χ4v) is 6.49. The van der Waals surface area contributed by atoms with Gasteiger partial charge >= 0.3 is 0 Å². The maximum atomic E-state index is 5.43. The number of thiophene rings is 1. The van der Waals surface area contributed by atoms with E-state index in [9.17, 15) is 0 Å². The third-order valence-corrected chi connectivity index (χ3v) is 7.98. The van der Waals surface area contributed by atoms with Crippen molar-refractivity contribution in [3.8, 4) is 22.9 Å². The summed E-state index contributed by atoms with van der Waals surface area (Å²) in [6, 6.07) is 34.0. The maximum Gasteiger partial charge on any atom is 0.119 e. The Kier molecular flexibility index (Phi) is 4.41. The van der Waals surface area contributed by atoms with Crippen molar-refractivity contribution in [3.63, 3.8) is 0 Å². The zero-order chi connectivity index (χ0) is 23.5. The summed E-state index contributed by atoms with van der Waals surface area (Å²) in [5.74, 6) is 1.70. The first kappa shape index (κ1) is 20.2. The molecule has 7 rings (SSSR count). The molecule has 0 aliphatic rings. The maximum absolute atomic E-state index is 5.43. The van der Waals surface area contributed by atoms with E-state index in [-0.39, 0.29) is 0 Å². The Morgan fingerprint density at radius 3 is 1.31 bits per heavy atom. The predicted octanol–water partition coefficient (Wildman–Crippen LogP) is 7.96. The first-order chi connectivity index (χ1) is 17.3. The molecule has 4 nitrogen and oxygen atoms in total. The van der Waals surface area contributed by atoms with Gasteiger partial charge in [0.2, 0.25) is 0 Å². The Morgan fingerprint density at radius 2 is 0.914 bits per heavy atom. The van der Waals surface area contributed by atoms with Gasteiger partial charge in [0.1, 0.15) is 11.5 Å². The molecule has 35 heavy (non-hydrogen) atoms. The monoisotopic (exact) mass is 474 g/mol. The van der Waals surface area contributed by atoms with Gasteiger partial charge in [0.15, 0.2) is 0 Å². The van der Waals surface area contributed by atoms with Crippen LogP contribution in [0.15, 0.2) is 97.1 Å². The number of hydrogen-bond acceptors (Lipinski definition) is 3. The second-order valence-corrected chi connectivity index (χ2v) is 9.58. The summed E-state index contributed by atoms with van der Waals surface area (Å²) in [6.45, 7) is 0. The van der Waals surface area contributed by atoms with Crippen molar-refractivity contribution in [1.29, 1.82) is 0 Å². The van der Waals surface area contributed by atoms with Gasteiger partial charge in [-0.25, -0.2) is 0 Å². The number of benzene rings is 4. The van der Waals surface area contributed by atoms with E-state index in [4.69, 9.17) is 9.47 Å². The van der Waals surface area contributed by atoms with Crippen LogP contribution in [0.5, 0.6) is 11.5 Å². The Balaban J connectivity index is 1.67. The molecule has 0 atom stereocenters. The van der Waals surface area contributed by atoms with Gasteiger partial charge in [0.25, 0.3) is 0 Å². The molecule has 0 unspecified atom stereocenters. The summed E-state index contributed by atoms with van der Waals surface area (Å²) in [7, 11) is 3.40. The lowest BCUT2D eigenvalue weighted by atomic mass is 10.2. The first-order valence-corrected chi connectivity index (χ1v) is 12.3. The van der Waals surface area contributed by atoms with E-state index in [1.807, 2.05) is 35.6 Å². The number of rotatable bonds is 4.